The van der Waals surface area contributed by atoms with Crippen LogP contribution in [-0.2, 0) is 10.0 Å². The van der Waals surface area contributed by atoms with Crippen LogP contribution in [0.1, 0.15) is 27.7 Å². The summed E-state index contributed by atoms with van der Waals surface area (Å²) in [5.74, 6) is 0.239. The molecular formula is C8H20NO2S+. The molecule has 0 unspecified atom stereocenters. The van der Waals surface area contributed by atoms with E-state index in [-0.39, 0.29) is 9.64 Å². The molecule has 0 radical (unpaired) electrons. The Morgan fingerprint density at radius 2 is 1.25 bits per heavy atom. The Morgan fingerprint density at radius 3 is 1.33 bits per heavy atom. The predicted octanol–water partition coefficient (Wildman–Crippen LogP) is 1.21. The van der Waals surface area contributed by atoms with Crippen LogP contribution < -0.4 is 0 Å². The lowest BCUT2D eigenvalue weighted by atomic mass is 10.5. The molecular weight excluding hydrogens is 174 g/mol. The maximum absolute atomic E-state index is 11.7. The molecule has 0 N–H and O–H groups in total. The van der Waals surface area contributed by atoms with Crippen LogP contribution >= 0.6 is 0 Å². The SMILES string of the molecule is CC[N+](CC)(CC)S(=O)(=O)CC. The molecule has 0 aromatic carbocycles. The molecule has 0 aliphatic heterocycles. The number of nitrogens with zero attached hydrogens (tertiary/aromatic N) is 1. The molecule has 0 saturated heterocycles. The van der Waals surface area contributed by atoms with Crippen LogP contribution in [0.3, 0.4) is 0 Å². The highest BCUT2D eigenvalue weighted by atomic mass is 32.2. The van der Waals surface area contributed by atoms with Crippen LogP contribution in [0, 0.1) is 0 Å². The van der Waals surface area contributed by atoms with E-state index in [2.05, 4.69) is 0 Å². The molecule has 0 aromatic heterocycles. The van der Waals surface area contributed by atoms with Gasteiger partial charge in [0.05, 0.1) is 25.4 Å². The van der Waals surface area contributed by atoms with Crippen LogP contribution in [0.5, 0.6) is 0 Å². The van der Waals surface area contributed by atoms with Gasteiger partial charge in [-0.25, -0.2) is 3.89 Å². The molecule has 0 fully saturated rings. The van der Waals surface area contributed by atoms with Crippen molar-refractivity contribution in [3.63, 3.8) is 0 Å². The summed E-state index contributed by atoms with van der Waals surface area (Å²) >= 11 is 0. The Bertz CT molecular complexity index is 209. The Hall–Kier alpha value is -0.0900. The van der Waals surface area contributed by atoms with Gasteiger partial charge in [0.15, 0.2) is 0 Å². The number of hydrogen-bond acceptors (Lipinski definition) is 2. The molecule has 74 valence electrons. The van der Waals surface area contributed by atoms with Gasteiger partial charge in [0.25, 0.3) is 10.0 Å². The first-order valence-corrected chi connectivity index (χ1v) is 6.19. The standard InChI is InChI=1S/C8H20NO2S/c1-5-9(6-2,7-3)12(10,11)8-4/h5-8H2,1-4H3/q+1. The second-order valence-electron chi connectivity index (χ2n) is 2.88. The van der Waals surface area contributed by atoms with Crippen LogP contribution in [0.15, 0.2) is 0 Å². The summed E-state index contributed by atoms with van der Waals surface area (Å²) in [6.07, 6.45) is 0. The summed E-state index contributed by atoms with van der Waals surface area (Å²) in [5, 5.41) is 0. The second kappa shape index (κ2) is 4.23. The smallest absolute Gasteiger partial charge is 0.219 e. The third-order valence-corrected chi connectivity index (χ3v) is 5.37. The molecule has 0 heterocycles. The van der Waals surface area contributed by atoms with Crippen LogP contribution in [0.4, 0.5) is 0 Å². The molecule has 0 spiro atoms. The lowest BCUT2D eigenvalue weighted by Crippen LogP contribution is -2.52. The summed E-state index contributed by atoms with van der Waals surface area (Å²) in [6.45, 7) is 9.51. The third kappa shape index (κ3) is 1.80. The molecule has 0 saturated carbocycles. The summed E-state index contributed by atoms with van der Waals surface area (Å²) < 4.78 is 23.6. The van der Waals surface area contributed by atoms with Crippen molar-refractivity contribution in [2.75, 3.05) is 25.4 Å². The van der Waals surface area contributed by atoms with Gasteiger partial charge >= 0.3 is 0 Å². The van der Waals surface area contributed by atoms with Gasteiger partial charge in [-0.15, -0.1) is 0 Å². The van der Waals surface area contributed by atoms with E-state index in [0.29, 0.717) is 19.6 Å². The molecule has 0 atom stereocenters. The molecule has 3 nitrogen and oxygen atoms in total. The molecule has 0 rings (SSSR count). The van der Waals surface area contributed by atoms with Gasteiger partial charge in [-0.3, -0.25) is 0 Å². The average molecular weight is 194 g/mol. The average Bonchev–Trinajstić information content (AvgIpc) is 2.08. The highest BCUT2D eigenvalue weighted by molar-refractivity contribution is 7.85. The van der Waals surface area contributed by atoms with E-state index in [1.165, 1.54) is 0 Å². The predicted molar refractivity (Wildman–Crippen MR) is 51.3 cm³/mol. The maximum atomic E-state index is 11.7. The van der Waals surface area contributed by atoms with E-state index in [1.54, 1.807) is 6.92 Å². The number of quaternary nitrogens is 1. The maximum Gasteiger partial charge on any atom is 0.296 e. The van der Waals surface area contributed by atoms with Crippen molar-refractivity contribution in [1.29, 1.82) is 0 Å². The van der Waals surface area contributed by atoms with Crippen molar-refractivity contribution >= 4 is 10.0 Å². The second-order valence-corrected chi connectivity index (χ2v) is 5.39. The minimum absolute atomic E-state index is 0.226. The summed E-state index contributed by atoms with van der Waals surface area (Å²) in [4.78, 5) is 0. The van der Waals surface area contributed by atoms with Crippen molar-refractivity contribution in [2.24, 2.45) is 0 Å². The topological polar surface area (TPSA) is 34.1 Å². The fourth-order valence-electron chi connectivity index (χ4n) is 1.53. The third-order valence-electron chi connectivity index (χ3n) is 2.68. The minimum atomic E-state index is -2.93. The van der Waals surface area contributed by atoms with E-state index in [4.69, 9.17) is 0 Å². The minimum Gasteiger partial charge on any atom is -0.219 e. The van der Waals surface area contributed by atoms with Crippen molar-refractivity contribution in [3.8, 4) is 0 Å². The number of sulfonamides is 1. The summed E-state index contributed by atoms with van der Waals surface area (Å²) in [7, 11) is -2.93. The Balaban J connectivity index is 4.97. The molecule has 0 bridgehead atoms. The van der Waals surface area contributed by atoms with E-state index in [0.717, 1.165) is 0 Å². The van der Waals surface area contributed by atoms with Gasteiger partial charge in [-0.1, -0.05) is 0 Å². The first kappa shape index (κ1) is 11.9. The van der Waals surface area contributed by atoms with Gasteiger partial charge in [0.2, 0.25) is 0 Å². The van der Waals surface area contributed by atoms with Crippen molar-refractivity contribution in [2.45, 2.75) is 27.7 Å². The van der Waals surface area contributed by atoms with Crippen LogP contribution in [0.25, 0.3) is 0 Å². The molecule has 0 aromatic rings. The first-order chi connectivity index (χ1) is 5.49. The van der Waals surface area contributed by atoms with Crippen LogP contribution in [0.2, 0.25) is 0 Å². The molecule has 4 heteroatoms. The molecule has 0 aliphatic rings. The fourth-order valence-corrected chi connectivity index (χ4v) is 3.26. The van der Waals surface area contributed by atoms with Crippen molar-refractivity contribution in [1.82, 2.24) is 0 Å². The Morgan fingerprint density at radius 1 is 0.917 bits per heavy atom. The zero-order valence-corrected chi connectivity index (χ0v) is 9.32. The first-order valence-electron chi connectivity index (χ1n) is 4.58. The van der Waals surface area contributed by atoms with Gasteiger partial charge in [0.1, 0.15) is 0 Å². The lowest BCUT2D eigenvalue weighted by molar-refractivity contribution is -0.800. The monoisotopic (exact) mass is 194 g/mol. The van der Waals surface area contributed by atoms with E-state index >= 15 is 0 Å². The van der Waals surface area contributed by atoms with E-state index in [9.17, 15) is 8.42 Å². The van der Waals surface area contributed by atoms with E-state index in [1.807, 2.05) is 20.8 Å². The van der Waals surface area contributed by atoms with Crippen molar-refractivity contribution in [3.05, 3.63) is 0 Å². The fraction of sp³-hybridized carbons (Fsp3) is 1.00. The van der Waals surface area contributed by atoms with Gasteiger partial charge in [-0.05, 0) is 27.7 Å². The Labute approximate surface area is 76.0 Å². The molecule has 0 aliphatic carbocycles. The van der Waals surface area contributed by atoms with E-state index < -0.39 is 10.0 Å². The zero-order valence-electron chi connectivity index (χ0n) is 8.50. The largest absolute Gasteiger partial charge is 0.296 e. The Kier molecular flexibility index (Phi) is 4.20. The number of hydrogen-bond donors (Lipinski definition) is 0. The zero-order chi connectivity index (χ0) is 9.83. The normalized spacial score (nSPS) is 13.3. The highest BCUT2D eigenvalue weighted by Crippen LogP contribution is 2.14. The lowest BCUT2D eigenvalue weighted by Gasteiger charge is -2.33. The van der Waals surface area contributed by atoms with Gasteiger partial charge in [0, 0.05) is 0 Å². The van der Waals surface area contributed by atoms with Gasteiger partial charge in [-0.2, -0.15) is 8.42 Å². The van der Waals surface area contributed by atoms with Gasteiger partial charge < -0.3 is 0 Å². The highest BCUT2D eigenvalue weighted by Gasteiger charge is 2.34. The quantitative estimate of drug-likeness (QED) is 0.617. The summed E-state index contributed by atoms with van der Waals surface area (Å²) in [5.41, 5.74) is 0. The van der Waals surface area contributed by atoms with Crippen molar-refractivity contribution < 1.29 is 12.3 Å². The molecule has 12 heavy (non-hydrogen) atoms. The number of rotatable bonds is 5. The summed E-state index contributed by atoms with van der Waals surface area (Å²) in [6, 6.07) is 0. The molecule has 0 amide bonds. The van der Waals surface area contributed by atoms with Crippen LogP contribution in [-0.4, -0.2) is 37.7 Å².